The lowest BCUT2D eigenvalue weighted by Gasteiger charge is -2.13. The van der Waals surface area contributed by atoms with Crippen molar-refractivity contribution in [1.82, 2.24) is 4.90 Å². The van der Waals surface area contributed by atoms with Gasteiger partial charge in [-0.2, -0.15) is 0 Å². The SMILES string of the molecule is O=C(O)COc1ccc(/C=C2/SC(=O)N(Cc3ccccc3Br)C2=O)cc1. The van der Waals surface area contributed by atoms with Crippen LogP contribution in [-0.2, 0) is 16.1 Å². The van der Waals surface area contributed by atoms with Gasteiger partial charge in [0.1, 0.15) is 5.75 Å². The summed E-state index contributed by atoms with van der Waals surface area (Å²) in [7, 11) is 0. The lowest BCUT2D eigenvalue weighted by molar-refractivity contribution is -0.139. The highest BCUT2D eigenvalue weighted by Gasteiger charge is 2.35. The van der Waals surface area contributed by atoms with E-state index in [1.807, 2.05) is 24.3 Å². The number of carbonyl (C=O) groups is 3. The third-order valence-electron chi connectivity index (χ3n) is 3.70. The number of carboxylic acids is 1. The first-order valence-corrected chi connectivity index (χ1v) is 9.48. The first-order chi connectivity index (χ1) is 12.9. The Morgan fingerprint density at radius 2 is 1.85 bits per heavy atom. The molecule has 27 heavy (non-hydrogen) atoms. The second kappa shape index (κ2) is 8.41. The molecule has 0 spiro atoms. The van der Waals surface area contributed by atoms with Gasteiger partial charge in [0.05, 0.1) is 11.4 Å². The summed E-state index contributed by atoms with van der Waals surface area (Å²) in [4.78, 5) is 36.9. The fourth-order valence-electron chi connectivity index (χ4n) is 2.39. The maximum Gasteiger partial charge on any atom is 0.341 e. The van der Waals surface area contributed by atoms with E-state index in [2.05, 4.69) is 15.9 Å². The molecule has 0 saturated carbocycles. The van der Waals surface area contributed by atoms with E-state index in [1.165, 1.54) is 4.90 Å². The van der Waals surface area contributed by atoms with Crippen LogP contribution in [0.5, 0.6) is 5.75 Å². The standard InChI is InChI=1S/C19H14BrNO5S/c20-15-4-2-1-3-13(15)10-21-18(24)16(27-19(21)25)9-12-5-7-14(8-6-12)26-11-17(22)23/h1-9H,10-11H2,(H,22,23)/b16-9+. The topological polar surface area (TPSA) is 83.9 Å². The Balaban J connectivity index is 1.72. The highest BCUT2D eigenvalue weighted by Crippen LogP contribution is 2.34. The molecule has 1 saturated heterocycles. The lowest BCUT2D eigenvalue weighted by Crippen LogP contribution is -2.27. The molecule has 8 heteroatoms. The molecule has 1 fully saturated rings. The molecule has 2 amide bonds. The quantitative estimate of drug-likeness (QED) is 0.669. The minimum Gasteiger partial charge on any atom is -0.482 e. The predicted molar refractivity (Wildman–Crippen MR) is 105 cm³/mol. The number of amides is 2. The molecule has 138 valence electrons. The Kier molecular flexibility index (Phi) is 5.98. The van der Waals surface area contributed by atoms with Crippen molar-refractivity contribution in [3.05, 3.63) is 69.0 Å². The third kappa shape index (κ3) is 4.78. The fraction of sp³-hybridized carbons (Fsp3) is 0.105. The molecular weight excluding hydrogens is 434 g/mol. The largest absolute Gasteiger partial charge is 0.482 e. The molecule has 0 bridgehead atoms. The molecule has 1 N–H and O–H groups in total. The average molecular weight is 448 g/mol. The first-order valence-electron chi connectivity index (χ1n) is 7.87. The number of rotatable bonds is 6. The van der Waals surface area contributed by atoms with E-state index < -0.39 is 12.6 Å². The van der Waals surface area contributed by atoms with Crippen LogP contribution in [-0.4, -0.2) is 33.7 Å². The maximum atomic E-state index is 12.6. The van der Waals surface area contributed by atoms with E-state index in [9.17, 15) is 14.4 Å². The van der Waals surface area contributed by atoms with Gasteiger partial charge in [-0.25, -0.2) is 4.79 Å². The van der Waals surface area contributed by atoms with Crippen molar-refractivity contribution in [2.75, 3.05) is 6.61 Å². The summed E-state index contributed by atoms with van der Waals surface area (Å²) in [5.41, 5.74) is 1.56. The molecule has 0 aliphatic carbocycles. The van der Waals surface area contributed by atoms with Gasteiger partial charge in [-0.3, -0.25) is 14.5 Å². The minimum absolute atomic E-state index is 0.200. The van der Waals surface area contributed by atoms with Crippen molar-refractivity contribution >= 4 is 50.9 Å². The molecule has 1 heterocycles. The Labute approximate surface area is 167 Å². The van der Waals surface area contributed by atoms with E-state index in [1.54, 1.807) is 30.3 Å². The highest BCUT2D eigenvalue weighted by atomic mass is 79.9. The molecule has 6 nitrogen and oxygen atoms in total. The van der Waals surface area contributed by atoms with Crippen LogP contribution in [0.3, 0.4) is 0 Å². The average Bonchev–Trinajstić information content (AvgIpc) is 2.90. The van der Waals surface area contributed by atoms with Crippen LogP contribution in [0.1, 0.15) is 11.1 Å². The van der Waals surface area contributed by atoms with Gasteiger partial charge in [-0.05, 0) is 47.2 Å². The van der Waals surface area contributed by atoms with E-state index in [0.717, 1.165) is 21.8 Å². The third-order valence-corrected chi connectivity index (χ3v) is 5.38. The Morgan fingerprint density at radius 1 is 1.15 bits per heavy atom. The van der Waals surface area contributed by atoms with Gasteiger partial charge in [-0.1, -0.05) is 46.3 Å². The number of ether oxygens (including phenoxy) is 1. The summed E-state index contributed by atoms with van der Waals surface area (Å²) < 4.78 is 5.90. The smallest absolute Gasteiger partial charge is 0.341 e. The van der Waals surface area contributed by atoms with Crippen LogP contribution in [0.15, 0.2) is 57.9 Å². The molecular formula is C19H14BrNO5S. The summed E-state index contributed by atoms with van der Waals surface area (Å²) in [6.07, 6.45) is 1.63. The van der Waals surface area contributed by atoms with Crippen LogP contribution in [0.2, 0.25) is 0 Å². The van der Waals surface area contributed by atoms with Crippen molar-refractivity contribution in [2.45, 2.75) is 6.54 Å². The van der Waals surface area contributed by atoms with Crippen molar-refractivity contribution in [2.24, 2.45) is 0 Å². The van der Waals surface area contributed by atoms with Crippen LogP contribution in [0, 0.1) is 0 Å². The summed E-state index contributed by atoms with van der Waals surface area (Å²) in [5.74, 6) is -0.985. The van der Waals surface area contributed by atoms with E-state index >= 15 is 0 Å². The summed E-state index contributed by atoms with van der Waals surface area (Å²) in [6, 6.07) is 14.0. The molecule has 0 unspecified atom stereocenters. The van der Waals surface area contributed by atoms with Gasteiger partial charge in [0, 0.05) is 4.47 Å². The van der Waals surface area contributed by atoms with E-state index in [-0.39, 0.29) is 17.7 Å². The molecule has 0 atom stereocenters. The van der Waals surface area contributed by atoms with Crippen molar-refractivity contribution in [3.8, 4) is 5.75 Å². The van der Waals surface area contributed by atoms with E-state index in [4.69, 9.17) is 9.84 Å². The molecule has 0 radical (unpaired) electrons. The zero-order valence-electron chi connectivity index (χ0n) is 13.9. The number of aliphatic carboxylic acids is 1. The monoisotopic (exact) mass is 447 g/mol. The van der Waals surface area contributed by atoms with Crippen LogP contribution in [0.25, 0.3) is 6.08 Å². The molecule has 1 aliphatic heterocycles. The normalized spacial score (nSPS) is 15.4. The number of carboxylic acid groups (broad SMARTS) is 1. The van der Waals surface area contributed by atoms with Gasteiger partial charge in [0.25, 0.3) is 11.1 Å². The van der Waals surface area contributed by atoms with Crippen molar-refractivity contribution in [3.63, 3.8) is 0 Å². The number of carbonyl (C=O) groups excluding carboxylic acids is 2. The highest BCUT2D eigenvalue weighted by molar-refractivity contribution is 9.10. The molecule has 2 aromatic carbocycles. The second-order valence-electron chi connectivity index (χ2n) is 5.61. The minimum atomic E-state index is -1.06. The number of hydrogen-bond donors (Lipinski definition) is 1. The molecule has 1 aliphatic rings. The first kappa shape index (κ1) is 19.2. The van der Waals surface area contributed by atoms with Crippen LogP contribution >= 0.6 is 27.7 Å². The van der Waals surface area contributed by atoms with Crippen molar-refractivity contribution in [1.29, 1.82) is 0 Å². The van der Waals surface area contributed by atoms with Crippen LogP contribution < -0.4 is 4.74 Å². The van der Waals surface area contributed by atoms with Crippen LogP contribution in [0.4, 0.5) is 4.79 Å². The molecule has 3 rings (SSSR count). The Morgan fingerprint density at radius 3 is 2.52 bits per heavy atom. The Bertz CT molecular complexity index is 926. The lowest BCUT2D eigenvalue weighted by atomic mass is 10.2. The van der Waals surface area contributed by atoms with E-state index in [0.29, 0.717) is 16.2 Å². The number of thioether (sulfide) groups is 1. The number of imide groups is 1. The number of benzene rings is 2. The van der Waals surface area contributed by atoms with Gasteiger partial charge < -0.3 is 9.84 Å². The molecule has 0 aromatic heterocycles. The number of halogens is 1. The molecule has 2 aromatic rings. The second-order valence-corrected chi connectivity index (χ2v) is 7.46. The Hall–Kier alpha value is -2.58. The van der Waals surface area contributed by atoms with Gasteiger partial charge >= 0.3 is 5.97 Å². The summed E-state index contributed by atoms with van der Waals surface area (Å²) in [5, 5.41) is 8.29. The number of nitrogens with zero attached hydrogens (tertiary/aromatic N) is 1. The van der Waals surface area contributed by atoms with Gasteiger partial charge in [0.15, 0.2) is 6.61 Å². The summed E-state index contributed by atoms with van der Waals surface area (Å²) in [6.45, 7) is -0.224. The van der Waals surface area contributed by atoms with Gasteiger partial charge in [0.2, 0.25) is 0 Å². The zero-order chi connectivity index (χ0) is 19.4. The van der Waals surface area contributed by atoms with Gasteiger partial charge in [-0.15, -0.1) is 0 Å². The fourth-order valence-corrected chi connectivity index (χ4v) is 3.64. The zero-order valence-corrected chi connectivity index (χ0v) is 16.3. The number of hydrogen-bond acceptors (Lipinski definition) is 5. The summed E-state index contributed by atoms with van der Waals surface area (Å²) >= 11 is 4.32. The van der Waals surface area contributed by atoms with Crippen molar-refractivity contribution < 1.29 is 24.2 Å². The maximum absolute atomic E-state index is 12.6. The predicted octanol–water partition coefficient (Wildman–Crippen LogP) is 4.15.